The van der Waals surface area contributed by atoms with Crippen LogP contribution in [-0.2, 0) is 24.1 Å². The van der Waals surface area contributed by atoms with Crippen LogP contribution in [0.5, 0.6) is 11.6 Å². The number of carbonyl (C=O) groups is 1. The van der Waals surface area contributed by atoms with Crippen molar-refractivity contribution < 1.29 is 22.7 Å². The van der Waals surface area contributed by atoms with Crippen LogP contribution in [0.3, 0.4) is 0 Å². The van der Waals surface area contributed by atoms with E-state index in [1.807, 2.05) is 4.72 Å². The summed E-state index contributed by atoms with van der Waals surface area (Å²) in [5.41, 5.74) is 0.0853. The lowest BCUT2D eigenvalue weighted by molar-refractivity contribution is 0.256. The number of anilines is 1. The highest BCUT2D eigenvalue weighted by molar-refractivity contribution is 7.90. The fourth-order valence-corrected chi connectivity index (χ4v) is 3.59. The Hall–Kier alpha value is -3.75. The van der Waals surface area contributed by atoms with E-state index in [4.69, 9.17) is 9.47 Å². The minimum Gasteiger partial charge on any atom is -0.496 e. The van der Waals surface area contributed by atoms with Gasteiger partial charge in [-0.05, 0) is 5.21 Å². The molecule has 0 spiro atoms. The highest BCUT2D eigenvalue weighted by Gasteiger charge is 2.28. The minimum absolute atomic E-state index is 0.0229. The van der Waals surface area contributed by atoms with Crippen LogP contribution in [-0.4, -0.2) is 63.6 Å². The lowest BCUT2D eigenvalue weighted by Crippen LogP contribution is -2.35. The Morgan fingerprint density at radius 2 is 1.93 bits per heavy atom. The van der Waals surface area contributed by atoms with E-state index >= 15 is 0 Å². The summed E-state index contributed by atoms with van der Waals surface area (Å²) in [6.45, 7) is 0. The second-order valence-corrected chi connectivity index (χ2v) is 7.18. The molecule has 2 amide bonds. The van der Waals surface area contributed by atoms with Gasteiger partial charge in [-0.2, -0.15) is 23.3 Å². The van der Waals surface area contributed by atoms with Crippen molar-refractivity contribution in [3.63, 3.8) is 0 Å². The van der Waals surface area contributed by atoms with Gasteiger partial charge in [0.1, 0.15) is 11.6 Å². The van der Waals surface area contributed by atoms with Gasteiger partial charge in [-0.1, -0.05) is 0 Å². The molecule has 0 atom stereocenters. The van der Waals surface area contributed by atoms with Crippen LogP contribution in [0.1, 0.15) is 0 Å². The molecular formula is C14H17N9O5S. The maximum Gasteiger partial charge on any atom is 0.334 e. The highest BCUT2D eigenvalue weighted by Crippen LogP contribution is 2.24. The van der Waals surface area contributed by atoms with Gasteiger partial charge in [0.25, 0.3) is 10.0 Å². The number of hydrogen-bond donors (Lipinski definition) is 2. The first-order valence-corrected chi connectivity index (χ1v) is 9.42. The lowest BCUT2D eigenvalue weighted by atomic mass is 10.3. The summed E-state index contributed by atoms with van der Waals surface area (Å²) in [6, 6.07) is 1.84. The van der Waals surface area contributed by atoms with E-state index in [2.05, 4.69) is 30.8 Å². The number of rotatable bonds is 6. The lowest BCUT2D eigenvalue weighted by Gasteiger charge is -2.11. The molecule has 3 rings (SSSR count). The molecule has 0 aromatic carbocycles. The second kappa shape index (κ2) is 7.70. The van der Waals surface area contributed by atoms with Gasteiger partial charge in [-0.15, -0.1) is 10.2 Å². The molecular weight excluding hydrogens is 406 g/mol. The molecule has 0 unspecified atom stereocenters. The quantitative estimate of drug-likeness (QED) is 0.529. The highest BCUT2D eigenvalue weighted by atomic mass is 32.2. The molecule has 29 heavy (non-hydrogen) atoms. The van der Waals surface area contributed by atoms with Crippen molar-refractivity contribution in [1.82, 2.24) is 39.7 Å². The smallest absolute Gasteiger partial charge is 0.334 e. The number of urea groups is 1. The number of aryl methyl sites for hydroxylation is 2. The Balaban J connectivity index is 1.85. The second-order valence-electron chi connectivity index (χ2n) is 5.58. The summed E-state index contributed by atoms with van der Waals surface area (Å²) in [6.07, 6.45) is 1.26. The Bertz CT molecular complexity index is 1130. The first-order chi connectivity index (χ1) is 13.7. The fraction of sp³-hybridized carbons (Fsp3) is 0.286. The van der Waals surface area contributed by atoms with Crippen molar-refractivity contribution in [3.8, 4) is 23.0 Å². The third-order valence-electron chi connectivity index (χ3n) is 3.58. The van der Waals surface area contributed by atoms with E-state index in [1.54, 1.807) is 0 Å². The van der Waals surface area contributed by atoms with Crippen LogP contribution in [0.4, 0.5) is 10.6 Å². The normalized spacial score (nSPS) is 11.2. The summed E-state index contributed by atoms with van der Waals surface area (Å²) in [5.74, 6) is 0.595. The first-order valence-electron chi connectivity index (χ1n) is 7.93. The number of nitrogens with one attached hydrogen (secondary N) is 2. The van der Waals surface area contributed by atoms with Crippen molar-refractivity contribution in [3.05, 3.63) is 18.3 Å². The summed E-state index contributed by atoms with van der Waals surface area (Å²) in [5, 5.41) is 17.3. The minimum atomic E-state index is -4.34. The number of tetrazole rings is 1. The summed E-state index contributed by atoms with van der Waals surface area (Å²) in [7, 11) is 1.41. The molecule has 3 aromatic rings. The Morgan fingerprint density at radius 3 is 2.55 bits per heavy atom. The van der Waals surface area contributed by atoms with Gasteiger partial charge in [-0.25, -0.2) is 9.52 Å². The van der Waals surface area contributed by atoms with E-state index < -0.39 is 16.1 Å². The van der Waals surface area contributed by atoms with Gasteiger partial charge in [0.05, 0.1) is 33.0 Å². The molecule has 0 saturated heterocycles. The van der Waals surface area contributed by atoms with Gasteiger partial charge in [0.15, 0.2) is 5.03 Å². The molecule has 0 aliphatic carbocycles. The number of sulfonamides is 1. The molecule has 0 radical (unpaired) electrons. The van der Waals surface area contributed by atoms with Crippen molar-refractivity contribution in [2.45, 2.75) is 5.03 Å². The van der Waals surface area contributed by atoms with Crippen LogP contribution in [0, 0.1) is 0 Å². The van der Waals surface area contributed by atoms with Crippen LogP contribution >= 0.6 is 0 Å². The number of carbonyl (C=O) groups excluding carboxylic acids is 1. The van der Waals surface area contributed by atoms with Crippen molar-refractivity contribution >= 4 is 21.9 Å². The predicted molar refractivity (Wildman–Crippen MR) is 97.7 cm³/mol. The van der Waals surface area contributed by atoms with Gasteiger partial charge in [0, 0.05) is 19.2 Å². The van der Waals surface area contributed by atoms with Gasteiger partial charge < -0.3 is 9.47 Å². The van der Waals surface area contributed by atoms with Crippen molar-refractivity contribution in [1.29, 1.82) is 0 Å². The largest absolute Gasteiger partial charge is 0.496 e. The Labute approximate surface area is 164 Å². The zero-order valence-electron chi connectivity index (χ0n) is 15.8. The number of ether oxygens (including phenoxy) is 2. The third kappa shape index (κ3) is 4.23. The van der Waals surface area contributed by atoms with E-state index in [1.165, 1.54) is 51.4 Å². The Kier molecular flexibility index (Phi) is 5.31. The average Bonchev–Trinajstić information content (AvgIpc) is 3.26. The standard InChI is InChI=1S/C14H17N9O5S/c1-22-13(9(7-15-22)12-18-21-23(2)19-12)29(25,26)20-14(24)17-10-5-8(27-3)6-11(16-10)28-4/h5-7H,1-4H3,(H2,16,17,20,24). The average molecular weight is 423 g/mol. The Morgan fingerprint density at radius 1 is 1.17 bits per heavy atom. The molecule has 0 fully saturated rings. The molecule has 14 nitrogen and oxygen atoms in total. The maximum absolute atomic E-state index is 12.8. The van der Waals surface area contributed by atoms with E-state index in [0.717, 1.165) is 4.68 Å². The molecule has 0 saturated carbocycles. The monoisotopic (exact) mass is 423 g/mol. The van der Waals surface area contributed by atoms with Crippen LogP contribution < -0.4 is 19.5 Å². The molecule has 0 aliphatic rings. The zero-order valence-corrected chi connectivity index (χ0v) is 16.6. The number of pyridine rings is 1. The van der Waals surface area contributed by atoms with E-state index in [-0.39, 0.29) is 28.1 Å². The van der Waals surface area contributed by atoms with Gasteiger partial charge in [0.2, 0.25) is 11.7 Å². The van der Waals surface area contributed by atoms with Crippen LogP contribution in [0.2, 0.25) is 0 Å². The number of amides is 2. The van der Waals surface area contributed by atoms with Crippen molar-refractivity contribution in [2.24, 2.45) is 14.1 Å². The summed E-state index contributed by atoms with van der Waals surface area (Å²) >= 11 is 0. The predicted octanol–water partition coefficient (Wildman–Crippen LogP) is -0.467. The van der Waals surface area contributed by atoms with E-state index in [9.17, 15) is 13.2 Å². The maximum atomic E-state index is 12.8. The van der Waals surface area contributed by atoms with Gasteiger partial charge >= 0.3 is 6.03 Å². The molecule has 0 bridgehead atoms. The number of aromatic nitrogens is 7. The SMILES string of the molecule is COc1cc(NC(=O)NS(=O)(=O)c2c(-c3nnn(C)n3)cnn2C)nc(OC)c1. The topological polar surface area (TPSA) is 168 Å². The molecule has 3 heterocycles. The molecule has 2 N–H and O–H groups in total. The number of nitrogens with zero attached hydrogens (tertiary/aromatic N) is 7. The molecule has 154 valence electrons. The van der Waals surface area contributed by atoms with Crippen LogP contribution in [0.25, 0.3) is 11.4 Å². The third-order valence-corrected chi connectivity index (χ3v) is 5.02. The molecule has 0 aliphatic heterocycles. The zero-order chi connectivity index (χ0) is 21.2. The van der Waals surface area contributed by atoms with Crippen LogP contribution in [0.15, 0.2) is 23.4 Å². The fourth-order valence-electron chi connectivity index (χ4n) is 2.37. The van der Waals surface area contributed by atoms with E-state index in [0.29, 0.717) is 5.75 Å². The summed E-state index contributed by atoms with van der Waals surface area (Å²) < 4.78 is 38.6. The van der Waals surface area contributed by atoms with Crippen molar-refractivity contribution in [2.75, 3.05) is 19.5 Å². The first kappa shape index (κ1) is 20.0. The molecule has 15 heteroatoms. The molecule has 3 aromatic heterocycles. The summed E-state index contributed by atoms with van der Waals surface area (Å²) in [4.78, 5) is 17.5. The number of methoxy groups -OCH3 is 2. The number of hydrogen-bond acceptors (Lipinski definition) is 10. The van der Waals surface area contributed by atoms with Gasteiger partial charge in [-0.3, -0.25) is 10.00 Å².